The number of pyridine rings is 1. The first-order valence-corrected chi connectivity index (χ1v) is 10.9. The van der Waals surface area contributed by atoms with Crippen LogP contribution in [-0.4, -0.2) is 21.7 Å². The Kier molecular flexibility index (Phi) is 7.08. The molecule has 5 heteroatoms. The van der Waals surface area contributed by atoms with Crippen LogP contribution in [0.2, 0.25) is 0 Å². The number of hydrogen-bond donors (Lipinski definition) is 1. The van der Waals surface area contributed by atoms with Gasteiger partial charge in [0.15, 0.2) is 0 Å². The number of nitrogens with zero attached hydrogens (tertiary/aromatic N) is 2. The van der Waals surface area contributed by atoms with E-state index in [-0.39, 0.29) is 11.8 Å². The average molecular weight is 426 g/mol. The number of benzene rings is 2. The van der Waals surface area contributed by atoms with Gasteiger partial charge in [0.25, 0.3) is 0 Å². The summed E-state index contributed by atoms with van der Waals surface area (Å²) in [5, 5.41) is 2.95. The topological polar surface area (TPSA) is 62.3 Å². The first-order valence-electron chi connectivity index (χ1n) is 10.9. The van der Waals surface area contributed by atoms with Crippen molar-refractivity contribution < 1.29 is 9.59 Å². The van der Waals surface area contributed by atoms with E-state index in [1.165, 1.54) is 0 Å². The summed E-state index contributed by atoms with van der Waals surface area (Å²) in [6.45, 7) is 1.01. The van der Waals surface area contributed by atoms with E-state index in [0.717, 1.165) is 11.1 Å². The summed E-state index contributed by atoms with van der Waals surface area (Å²) in [6, 6.07) is 23.5. The summed E-state index contributed by atoms with van der Waals surface area (Å²) >= 11 is 0. The molecule has 4 rings (SSSR count). The van der Waals surface area contributed by atoms with Gasteiger partial charge < -0.3 is 10.2 Å². The monoisotopic (exact) mass is 425 g/mol. The number of amides is 2. The van der Waals surface area contributed by atoms with Crippen molar-refractivity contribution in [2.45, 2.75) is 25.9 Å². The third kappa shape index (κ3) is 5.49. The molecule has 0 saturated carbocycles. The van der Waals surface area contributed by atoms with E-state index < -0.39 is 11.8 Å². The molecule has 1 N–H and O–H groups in total. The molecule has 0 radical (unpaired) electrons. The molecule has 0 aliphatic heterocycles. The van der Waals surface area contributed by atoms with Crippen LogP contribution < -0.4 is 5.32 Å². The van der Waals surface area contributed by atoms with Gasteiger partial charge in [-0.3, -0.25) is 14.6 Å². The zero-order valence-electron chi connectivity index (χ0n) is 17.9. The first-order chi connectivity index (χ1) is 15.7. The molecule has 2 aromatic carbocycles. The summed E-state index contributed by atoms with van der Waals surface area (Å²) in [6.07, 6.45) is 8.41. The lowest BCUT2D eigenvalue weighted by atomic mass is 9.81. The number of carbonyl (C=O) groups excluding carboxylic acids is 2. The lowest BCUT2D eigenvalue weighted by Crippen LogP contribution is -2.42. The number of anilines is 1. The predicted octanol–water partition coefficient (Wildman–Crippen LogP) is 4.83. The fourth-order valence-electron chi connectivity index (χ4n) is 4.10. The van der Waals surface area contributed by atoms with Gasteiger partial charge in [0.1, 0.15) is 0 Å². The molecule has 1 heterocycles. The van der Waals surface area contributed by atoms with E-state index in [4.69, 9.17) is 0 Å². The Morgan fingerprint density at radius 1 is 0.781 bits per heavy atom. The molecule has 2 amide bonds. The summed E-state index contributed by atoms with van der Waals surface area (Å²) in [5.41, 5.74) is 2.83. The summed E-state index contributed by atoms with van der Waals surface area (Å²) in [4.78, 5) is 32.7. The lowest BCUT2D eigenvalue weighted by molar-refractivity contribution is -0.142. The van der Waals surface area contributed by atoms with Gasteiger partial charge in [0.2, 0.25) is 11.8 Å². The van der Waals surface area contributed by atoms with Crippen molar-refractivity contribution >= 4 is 17.5 Å². The summed E-state index contributed by atoms with van der Waals surface area (Å²) in [7, 11) is 0. The van der Waals surface area contributed by atoms with Crippen molar-refractivity contribution in [1.29, 1.82) is 0 Å². The Labute approximate surface area is 188 Å². The quantitative estimate of drug-likeness (QED) is 0.552. The van der Waals surface area contributed by atoms with Crippen LogP contribution in [0.1, 0.15) is 24.0 Å². The molecular formula is C27H27N3O2. The third-order valence-electron chi connectivity index (χ3n) is 5.78. The second-order valence-electron chi connectivity index (χ2n) is 8.05. The van der Waals surface area contributed by atoms with Crippen LogP contribution in [0.4, 0.5) is 5.69 Å². The second-order valence-corrected chi connectivity index (χ2v) is 8.05. The van der Waals surface area contributed by atoms with Gasteiger partial charge in [0, 0.05) is 31.2 Å². The minimum Gasteiger partial charge on any atom is -0.334 e. The second kappa shape index (κ2) is 10.5. The molecule has 1 aliphatic rings. The SMILES string of the molecule is O=C(Nc1ccncc1)C1CC=CCC1C(=O)N(Cc1ccccc1)Cc1ccccc1. The molecule has 1 aromatic heterocycles. The minimum absolute atomic E-state index is 0.0111. The number of allylic oxidation sites excluding steroid dienone is 2. The van der Waals surface area contributed by atoms with Crippen molar-refractivity contribution in [3.8, 4) is 0 Å². The zero-order valence-corrected chi connectivity index (χ0v) is 17.9. The largest absolute Gasteiger partial charge is 0.334 e. The number of rotatable bonds is 7. The van der Waals surface area contributed by atoms with E-state index in [1.807, 2.05) is 77.7 Å². The van der Waals surface area contributed by atoms with Crippen molar-refractivity contribution in [3.63, 3.8) is 0 Å². The zero-order chi connectivity index (χ0) is 22.2. The van der Waals surface area contributed by atoms with Gasteiger partial charge in [-0.1, -0.05) is 72.8 Å². The van der Waals surface area contributed by atoms with Crippen LogP contribution in [0, 0.1) is 11.8 Å². The van der Waals surface area contributed by atoms with Gasteiger partial charge in [-0.05, 0) is 36.1 Å². The standard InChI is InChI=1S/C27H27N3O2/c31-26(29-23-15-17-28-18-16-23)24-13-7-8-14-25(24)27(32)30(19-21-9-3-1-4-10-21)20-22-11-5-2-6-12-22/h1-12,15-18,24-25H,13-14,19-20H2,(H,28,29,31). The maximum absolute atomic E-state index is 13.8. The molecule has 1 aliphatic carbocycles. The molecule has 5 nitrogen and oxygen atoms in total. The Hall–Kier alpha value is -3.73. The molecule has 3 aromatic rings. The van der Waals surface area contributed by atoms with Crippen molar-refractivity contribution in [1.82, 2.24) is 9.88 Å². The molecule has 0 saturated heterocycles. The highest BCUT2D eigenvalue weighted by Gasteiger charge is 2.36. The molecule has 0 spiro atoms. The van der Waals surface area contributed by atoms with Crippen LogP contribution >= 0.6 is 0 Å². The van der Waals surface area contributed by atoms with Crippen LogP contribution in [0.3, 0.4) is 0 Å². The molecule has 2 atom stereocenters. The number of aromatic nitrogens is 1. The van der Waals surface area contributed by atoms with E-state index in [0.29, 0.717) is 31.6 Å². The highest BCUT2D eigenvalue weighted by molar-refractivity contribution is 5.96. The molecule has 0 bridgehead atoms. The van der Waals surface area contributed by atoms with Crippen molar-refractivity contribution in [3.05, 3.63) is 108 Å². The van der Waals surface area contributed by atoms with E-state index in [1.54, 1.807) is 24.5 Å². The van der Waals surface area contributed by atoms with Gasteiger partial charge >= 0.3 is 0 Å². The number of carbonyl (C=O) groups is 2. The Balaban J connectivity index is 1.55. The average Bonchev–Trinajstić information content (AvgIpc) is 2.85. The Morgan fingerprint density at radius 3 is 1.88 bits per heavy atom. The maximum atomic E-state index is 13.8. The highest BCUT2D eigenvalue weighted by atomic mass is 16.2. The van der Waals surface area contributed by atoms with Crippen molar-refractivity contribution in [2.24, 2.45) is 11.8 Å². The van der Waals surface area contributed by atoms with Crippen LogP contribution in [-0.2, 0) is 22.7 Å². The Morgan fingerprint density at radius 2 is 1.31 bits per heavy atom. The van der Waals surface area contributed by atoms with Gasteiger partial charge in [-0.25, -0.2) is 0 Å². The van der Waals surface area contributed by atoms with Gasteiger partial charge in [-0.15, -0.1) is 0 Å². The normalized spacial score (nSPS) is 17.5. The smallest absolute Gasteiger partial charge is 0.228 e. The first kappa shape index (κ1) is 21.5. The molecule has 0 fully saturated rings. The van der Waals surface area contributed by atoms with E-state index >= 15 is 0 Å². The fraction of sp³-hybridized carbons (Fsp3) is 0.222. The van der Waals surface area contributed by atoms with Crippen molar-refractivity contribution in [2.75, 3.05) is 5.32 Å². The predicted molar refractivity (Wildman–Crippen MR) is 125 cm³/mol. The maximum Gasteiger partial charge on any atom is 0.228 e. The van der Waals surface area contributed by atoms with Gasteiger partial charge in [0.05, 0.1) is 11.8 Å². The summed E-state index contributed by atoms with van der Waals surface area (Å²) < 4.78 is 0. The highest BCUT2D eigenvalue weighted by Crippen LogP contribution is 2.30. The molecular weight excluding hydrogens is 398 g/mol. The lowest BCUT2D eigenvalue weighted by Gasteiger charge is -2.32. The van der Waals surface area contributed by atoms with Crippen LogP contribution in [0.25, 0.3) is 0 Å². The number of hydrogen-bond acceptors (Lipinski definition) is 3. The minimum atomic E-state index is -0.408. The number of nitrogens with one attached hydrogen (secondary N) is 1. The summed E-state index contributed by atoms with van der Waals surface area (Å²) in [5.74, 6) is -0.917. The van der Waals surface area contributed by atoms with Gasteiger partial charge in [-0.2, -0.15) is 0 Å². The van der Waals surface area contributed by atoms with E-state index in [2.05, 4.69) is 10.3 Å². The van der Waals surface area contributed by atoms with Crippen LogP contribution in [0.15, 0.2) is 97.3 Å². The molecule has 162 valence electrons. The Bertz CT molecular complexity index is 1010. The third-order valence-corrected chi connectivity index (χ3v) is 5.78. The van der Waals surface area contributed by atoms with E-state index in [9.17, 15) is 9.59 Å². The molecule has 2 unspecified atom stereocenters. The fourth-order valence-corrected chi connectivity index (χ4v) is 4.10. The molecule has 32 heavy (non-hydrogen) atoms. The van der Waals surface area contributed by atoms with Crippen LogP contribution in [0.5, 0.6) is 0 Å².